The van der Waals surface area contributed by atoms with Crippen molar-refractivity contribution in [3.63, 3.8) is 0 Å². The third-order valence-corrected chi connectivity index (χ3v) is 6.85. The number of carbonyl (C=O) groups excluding carboxylic acids is 1. The number of hydrogen-bond acceptors (Lipinski definition) is 2. The standard InChI is InChI=1S/C20H28F3N3O/c1-26-17(14-6-3-2-4-7-14)16(13-8-5-9-13)18(25-26)24-15(27)12-19(10-11-19)20(21,22)23/h13-14H,2-12H2,1H3,(H,24,25,27). The van der Waals surface area contributed by atoms with Crippen molar-refractivity contribution >= 4 is 11.7 Å². The summed E-state index contributed by atoms with van der Waals surface area (Å²) in [5, 5.41) is 7.30. The van der Waals surface area contributed by atoms with Gasteiger partial charge in [0.2, 0.25) is 5.91 Å². The van der Waals surface area contributed by atoms with E-state index in [2.05, 4.69) is 10.4 Å². The normalized spacial score (nSPS) is 23.1. The van der Waals surface area contributed by atoms with Crippen molar-refractivity contribution in [2.75, 3.05) is 5.32 Å². The van der Waals surface area contributed by atoms with E-state index in [1.165, 1.54) is 25.0 Å². The molecule has 0 bridgehead atoms. The van der Waals surface area contributed by atoms with E-state index in [0.717, 1.165) is 37.7 Å². The van der Waals surface area contributed by atoms with Gasteiger partial charge >= 0.3 is 6.18 Å². The van der Waals surface area contributed by atoms with Gasteiger partial charge in [-0.05, 0) is 44.4 Å². The molecule has 1 N–H and O–H groups in total. The highest BCUT2D eigenvalue weighted by Gasteiger charge is 2.63. The molecule has 0 atom stereocenters. The number of alkyl halides is 3. The van der Waals surface area contributed by atoms with Crippen molar-refractivity contribution in [1.82, 2.24) is 9.78 Å². The Morgan fingerprint density at radius 1 is 1.11 bits per heavy atom. The average Bonchev–Trinajstić information content (AvgIpc) is 3.27. The maximum Gasteiger partial charge on any atom is 0.395 e. The number of halogens is 3. The Hall–Kier alpha value is -1.53. The minimum absolute atomic E-state index is 0.0505. The second-order valence-corrected chi connectivity index (χ2v) is 8.74. The van der Waals surface area contributed by atoms with Gasteiger partial charge in [0.05, 0.1) is 5.41 Å². The summed E-state index contributed by atoms with van der Waals surface area (Å²) in [4.78, 5) is 12.4. The molecule has 27 heavy (non-hydrogen) atoms. The fourth-order valence-corrected chi connectivity index (χ4v) is 4.80. The number of aryl methyl sites for hydroxylation is 1. The number of nitrogens with zero attached hydrogens (tertiary/aromatic N) is 2. The van der Waals surface area contributed by atoms with Crippen LogP contribution in [0.5, 0.6) is 0 Å². The molecule has 0 aromatic carbocycles. The topological polar surface area (TPSA) is 46.9 Å². The first-order chi connectivity index (χ1) is 12.8. The summed E-state index contributed by atoms with van der Waals surface area (Å²) in [6.45, 7) is 0. The fraction of sp³-hybridized carbons (Fsp3) is 0.800. The summed E-state index contributed by atoms with van der Waals surface area (Å²) in [6, 6.07) is 0. The lowest BCUT2D eigenvalue weighted by molar-refractivity contribution is -0.189. The molecule has 0 aliphatic heterocycles. The largest absolute Gasteiger partial charge is 0.395 e. The maximum absolute atomic E-state index is 13.2. The van der Waals surface area contributed by atoms with E-state index in [9.17, 15) is 18.0 Å². The molecule has 1 heterocycles. The molecule has 0 radical (unpaired) electrons. The molecule has 1 aromatic heterocycles. The quantitative estimate of drug-likeness (QED) is 0.739. The molecule has 3 saturated carbocycles. The Morgan fingerprint density at radius 3 is 2.26 bits per heavy atom. The van der Waals surface area contributed by atoms with E-state index in [-0.39, 0.29) is 12.8 Å². The van der Waals surface area contributed by atoms with Gasteiger partial charge in [-0.3, -0.25) is 9.48 Å². The molecule has 1 aromatic rings. The monoisotopic (exact) mass is 383 g/mol. The van der Waals surface area contributed by atoms with E-state index >= 15 is 0 Å². The summed E-state index contributed by atoms with van der Waals surface area (Å²) in [6.07, 6.45) is 4.53. The average molecular weight is 383 g/mol. The number of rotatable bonds is 5. The zero-order valence-corrected chi connectivity index (χ0v) is 15.9. The van der Waals surface area contributed by atoms with Gasteiger partial charge in [-0.25, -0.2) is 0 Å². The van der Waals surface area contributed by atoms with E-state index in [0.29, 0.717) is 17.7 Å². The van der Waals surface area contributed by atoms with Crippen LogP contribution in [0.1, 0.15) is 93.7 Å². The van der Waals surface area contributed by atoms with Crippen molar-refractivity contribution in [2.24, 2.45) is 12.5 Å². The Balaban J connectivity index is 1.56. The lowest BCUT2D eigenvalue weighted by Gasteiger charge is -2.30. The van der Waals surface area contributed by atoms with Gasteiger partial charge in [-0.2, -0.15) is 18.3 Å². The predicted molar refractivity (Wildman–Crippen MR) is 96.6 cm³/mol. The molecule has 3 fully saturated rings. The van der Waals surface area contributed by atoms with Crippen LogP contribution in [0.25, 0.3) is 0 Å². The molecule has 0 unspecified atom stereocenters. The summed E-state index contributed by atoms with van der Waals surface area (Å²) in [5.74, 6) is 0.773. The molecule has 1 amide bonds. The number of nitrogens with one attached hydrogen (secondary N) is 1. The second-order valence-electron chi connectivity index (χ2n) is 8.74. The molecule has 4 nitrogen and oxygen atoms in total. The van der Waals surface area contributed by atoms with Crippen LogP contribution >= 0.6 is 0 Å². The Bertz CT molecular complexity index is 711. The van der Waals surface area contributed by atoms with Crippen molar-refractivity contribution < 1.29 is 18.0 Å². The highest BCUT2D eigenvalue weighted by molar-refractivity contribution is 5.91. The zero-order chi connectivity index (χ0) is 19.2. The Kier molecular flexibility index (Phi) is 4.75. The van der Waals surface area contributed by atoms with E-state index in [4.69, 9.17) is 0 Å². The minimum atomic E-state index is -4.31. The Morgan fingerprint density at radius 2 is 1.74 bits per heavy atom. The number of amides is 1. The number of carbonyl (C=O) groups is 1. The molecule has 150 valence electrons. The van der Waals surface area contributed by atoms with E-state index < -0.39 is 23.9 Å². The molecular formula is C20H28F3N3O. The van der Waals surface area contributed by atoms with Crippen molar-refractivity contribution in [2.45, 2.75) is 88.6 Å². The zero-order valence-electron chi connectivity index (χ0n) is 15.9. The van der Waals surface area contributed by atoms with Crippen LogP contribution in [0.3, 0.4) is 0 Å². The van der Waals surface area contributed by atoms with Gasteiger partial charge in [0, 0.05) is 30.6 Å². The lowest BCUT2D eigenvalue weighted by atomic mass is 9.76. The van der Waals surface area contributed by atoms with Gasteiger partial charge in [-0.1, -0.05) is 25.7 Å². The number of aromatic nitrogens is 2. The summed E-state index contributed by atoms with van der Waals surface area (Å²) >= 11 is 0. The molecule has 3 aliphatic carbocycles. The SMILES string of the molecule is Cn1nc(NC(=O)CC2(C(F)(F)F)CC2)c(C2CCC2)c1C1CCCCC1. The maximum atomic E-state index is 13.2. The first kappa shape index (κ1) is 18.8. The lowest BCUT2D eigenvalue weighted by Crippen LogP contribution is -2.30. The van der Waals surface area contributed by atoms with Crippen molar-refractivity contribution in [1.29, 1.82) is 0 Å². The van der Waals surface area contributed by atoms with Gasteiger partial charge in [0.1, 0.15) is 0 Å². The van der Waals surface area contributed by atoms with Crippen LogP contribution in [0.15, 0.2) is 0 Å². The Labute approximate surface area is 157 Å². The molecule has 7 heteroatoms. The first-order valence-corrected chi connectivity index (χ1v) is 10.2. The third-order valence-electron chi connectivity index (χ3n) is 6.85. The predicted octanol–water partition coefficient (Wildman–Crippen LogP) is 5.41. The van der Waals surface area contributed by atoms with Gasteiger partial charge in [0.25, 0.3) is 0 Å². The van der Waals surface area contributed by atoms with Crippen LogP contribution in [0.2, 0.25) is 0 Å². The fourth-order valence-electron chi connectivity index (χ4n) is 4.80. The van der Waals surface area contributed by atoms with Gasteiger partial charge in [-0.15, -0.1) is 0 Å². The second kappa shape index (κ2) is 6.82. The summed E-state index contributed by atoms with van der Waals surface area (Å²) < 4.78 is 41.4. The third kappa shape index (κ3) is 3.49. The van der Waals surface area contributed by atoms with E-state index in [1.54, 1.807) is 0 Å². The first-order valence-electron chi connectivity index (χ1n) is 10.2. The highest BCUT2D eigenvalue weighted by Crippen LogP contribution is 2.60. The van der Waals surface area contributed by atoms with Gasteiger partial charge in [0.15, 0.2) is 5.82 Å². The van der Waals surface area contributed by atoms with Crippen LogP contribution in [-0.4, -0.2) is 21.9 Å². The molecule has 0 saturated heterocycles. The highest BCUT2D eigenvalue weighted by atomic mass is 19.4. The molecule has 0 spiro atoms. The summed E-state index contributed by atoms with van der Waals surface area (Å²) in [5.41, 5.74) is 0.488. The van der Waals surface area contributed by atoms with Crippen LogP contribution in [0, 0.1) is 5.41 Å². The molecule has 3 aliphatic rings. The number of anilines is 1. The molecule has 4 rings (SSSR count). The molecular weight excluding hydrogens is 355 g/mol. The van der Waals surface area contributed by atoms with E-state index in [1.807, 2.05) is 11.7 Å². The van der Waals surface area contributed by atoms with Gasteiger partial charge < -0.3 is 5.32 Å². The minimum Gasteiger partial charge on any atom is -0.309 e. The van der Waals surface area contributed by atoms with Crippen LogP contribution < -0.4 is 5.32 Å². The smallest absolute Gasteiger partial charge is 0.309 e. The van der Waals surface area contributed by atoms with Crippen molar-refractivity contribution in [3.8, 4) is 0 Å². The van der Waals surface area contributed by atoms with Crippen molar-refractivity contribution in [3.05, 3.63) is 11.3 Å². The number of hydrogen-bond donors (Lipinski definition) is 1. The van der Waals surface area contributed by atoms with Crippen LogP contribution in [0.4, 0.5) is 19.0 Å². The van der Waals surface area contributed by atoms with Crippen LogP contribution in [-0.2, 0) is 11.8 Å². The summed E-state index contributed by atoms with van der Waals surface area (Å²) in [7, 11) is 1.90.